The highest BCUT2D eigenvalue weighted by molar-refractivity contribution is 7.89. The van der Waals surface area contributed by atoms with E-state index in [1.165, 1.54) is 6.07 Å². The summed E-state index contributed by atoms with van der Waals surface area (Å²) in [5.74, 6) is -0.925. The van der Waals surface area contributed by atoms with Crippen LogP contribution < -0.4 is 10.0 Å². The summed E-state index contributed by atoms with van der Waals surface area (Å²) in [6, 6.07) is 4.89. The molecule has 0 spiro atoms. The Labute approximate surface area is 151 Å². The van der Waals surface area contributed by atoms with Gasteiger partial charge in [-0.05, 0) is 44.4 Å². The second kappa shape index (κ2) is 7.16. The Hall–Kier alpha value is -2.26. The summed E-state index contributed by atoms with van der Waals surface area (Å²) in [5, 5.41) is 6.88. The number of benzene rings is 1. The van der Waals surface area contributed by atoms with Crippen molar-refractivity contribution in [2.75, 3.05) is 5.32 Å². The van der Waals surface area contributed by atoms with Crippen molar-refractivity contribution in [3.05, 3.63) is 41.8 Å². The van der Waals surface area contributed by atoms with Crippen LogP contribution in [0.25, 0.3) is 0 Å². The molecule has 9 heteroatoms. The number of aromatic nitrogens is 2. The molecule has 1 amide bonds. The minimum atomic E-state index is -3.99. The molecule has 26 heavy (non-hydrogen) atoms. The molecule has 1 atom stereocenters. The van der Waals surface area contributed by atoms with Gasteiger partial charge in [-0.2, -0.15) is 5.10 Å². The van der Waals surface area contributed by atoms with Gasteiger partial charge >= 0.3 is 0 Å². The zero-order valence-corrected chi connectivity index (χ0v) is 15.4. The van der Waals surface area contributed by atoms with E-state index in [-0.39, 0.29) is 17.6 Å². The molecule has 0 radical (unpaired) electrons. The smallest absolute Gasteiger partial charge is 0.256 e. The van der Waals surface area contributed by atoms with Crippen LogP contribution in [0.15, 0.2) is 35.4 Å². The quantitative estimate of drug-likeness (QED) is 0.772. The summed E-state index contributed by atoms with van der Waals surface area (Å²) in [5.41, 5.74) is 0.0551. The predicted octanol–water partition coefficient (Wildman–Crippen LogP) is 2.69. The molecule has 3 rings (SSSR count). The maximum atomic E-state index is 14.0. The highest BCUT2D eigenvalue weighted by Gasteiger charge is 2.30. The van der Waals surface area contributed by atoms with Crippen molar-refractivity contribution in [2.45, 2.75) is 50.1 Å². The molecule has 140 valence electrons. The number of amides is 1. The average molecular weight is 380 g/mol. The first-order chi connectivity index (χ1) is 12.3. The molecule has 1 aromatic heterocycles. The van der Waals surface area contributed by atoms with Gasteiger partial charge in [0.2, 0.25) is 10.0 Å². The van der Waals surface area contributed by atoms with Crippen molar-refractivity contribution in [1.29, 1.82) is 0 Å². The predicted molar refractivity (Wildman–Crippen MR) is 94.9 cm³/mol. The zero-order chi connectivity index (χ0) is 18.9. The molecule has 0 aliphatic heterocycles. The summed E-state index contributed by atoms with van der Waals surface area (Å²) in [4.78, 5) is 12.0. The van der Waals surface area contributed by atoms with E-state index in [0.29, 0.717) is 5.82 Å². The van der Waals surface area contributed by atoms with Gasteiger partial charge in [-0.3, -0.25) is 4.79 Å². The third kappa shape index (κ3) is 3.94. The third-order valence-corrected chi connectivity index (χ3v) is 5.84. The lowest BCUT2D eigenvalue weighted by atomic mass is 10.2. The average Bonchev–Trinajstić information content (AvgIpc) is 3.28. The van der Waals surface area contributed by atoms with Crippen LogP contribution in [0.4, 0.5) is 10.2 Å². The number of sulfonamides is 1. The lowest BCUT2D eigenvalue weighted by Crippen LogP contribution is -2.27. The molecule has 0 bridgehead atoms. The van der Waals surface area contributed by atoms with Crippen LogP contribution in [0.5, 0.6) is 0 Å². The van der Waals surface area contributed by atoms with Gasteiger partial charge in [0.1, 0.15) is 16.5 Å². The number of carbonyl (C=O) groups excluding carboxylic acids is 1. The van der Waals surface area contributed by atoms with Gasteiger partial charge in [0.25, 0.3) is 5.91 Å². The van der Waals surface area contributed by atoms with E-state index in [4.69, 9.17) is 0 Å². The largest absolute Gasteiger partial charge is 0.307 e. The van der Waals surface area contributed by atoms with Crippen molar-refractivity contribution in [3.8, 4) is 0 Å². The number of carbonyl (C=O) groups is 1. The summed E-state index contributed by atoms with van der Waals surface area (Å²) in [6.45, 7) is 3.97. The number of nitrogens with zero attached hydrogens (tertiary/aromatic N) is 2. The Morgan fingerprint density at radius 1 is 1.38 bits per heavy atom. The third-order valence-electron chi connectivity index (χ3n) is 4.30. The Kier molecular flexibility index (Phi) is 5.10. The van der Waals surface area contributed by atoms with Crippen molar-refractivity contribution in [1.82, 2.24) is 14.5 Å². The monoisotopic (exact) mass is 380 g/mol. The topological polar surface area (TPSA) is 93.1 Å². The first-order valence-electron chi connectivity index (χ1n) is 8.48. The van der Waals surface area contributed by atoms with Crippen LogP contribution in [-0.4, -0.2) is 30.1 Å². The minimum absolute atomic E-state index is 0.0551. The fourth-order valence-electron chi connectivity index (χ4n) is 2.46. The van der Waals surface area contributed by atoms with E-state index in [0.717, 1.165) is 31.4 Å². The number of halogens is 1. The number of rotatable bonds is 7. The van der Waals surface area contributed by atoms with Gasteiger partial charge < -0.3 is 5.32 Å². The van der Waals surface area contributed by atoms with Gasteiger partial charge in [0, 0.05) is 17.7 Å². The Bertz CT molecular complexity index is 922. The molecule has 1 aromatic carbocycles. The van der Waals surface area contributed by atoms with Gasteiger partial charge in [-0.1, -0.05) is 6.92 Å². The van der Waals surface area contributed by atoms with Crippen molar-refractivity contribution >= 4 is 21.7 Å². The molecule has 1 aliphatic carbocycles. The fraction of sp³-hybridized carbons (Fsp3) is 0.412. The molecule has 1 fully saturated rings. The van der Waals surface area contributed by atoms with E-state index in [1.807, 2.05) is 13.8 Å². The maximum Gasteiger partial charge on any atom is 0.256 e. The number of hydrogen-bond donors (Lipinski definition) is 2. The first kappa shape index (κ1) is 18.5. The number of nitrogens with one attached hydrogen (secondary N) is 2. The SMILES string of the molecule is CCC(C)n1nccc1NC(=O)c1ccc(F)c(S(=O)(=O)NC2CC2)c1. The van der Waals surface area contributed by atoms with E-state index in [2.05, 4.69) is 15.1 Å². The second-order valence-corrected chi connectivity index (χ2v) is 8.10. The second-order valence-electron chi connectivity index (χ2n) is 6.41. The minimum Gasteiger partial charge on any atom is -0.307 e. The van der Waals surface area contributed by atoms with E-state index >= 15 is 0 Å². The highest BCUT2D eigenvalue weighted by Crippen LogP contribution is 2.24. The molecule has 1 heterocycles. The van der Waals surface area contributed by atoms with Crippen LogP contribution in [0.1, 0.15) is 49.5 Å². The highest BCUT2D eigenvalue weighted by atomic mass is 32.2. The standard InChI is InChI=1S/C17H21FN4O3S/c1-3-11(2)22-16(8-9-19-22)20-17(23)12-4-7-14(18)15(10-12)26(24,25)21-13-5-6-13/h4,7-11,13,21H,3,5-6H2,1-2H3,(H,20,23). The fourth-order valence-corrected chi connectivity index (χ4v) is 3.87. The molecule has 7 nitrogen and oxygen atoms in total. The molecule has 2 N–H and O–H groups in total. The molecule has 0 saturated heterocycles. The Morgan fingerprint density at radius 3 is 2.77 bits per heavy atom. The van der Waals surface area contributed by atoms with Crippen LogP contribution >= 0.6 is 0 Å². The van der Waals surface area contributed by atoms with E-state index in [1.54, 1.807) is 16.9 Å². The summed E-state index contributed by atoms with van der Waals surface area (Å²) in [7, 11) is -3.99. The molecule has 2 aromatic rings. The number of hydrogen-bond acceptors (Lipinski definition) is 4. The summed E-state index contributed by atoms with van der Waals surface area (Å²) in [6.07, 6.45) is 3.87. The van der Waals surface area contributed by atoms with Gasteiger partial charge in [-0.15, -0.1) is 0 Å². The summed E-state index contributed by atoms with van der Waals surface area (Å²) < 4.78 is 42.7. The number of anilines is 1. The van der Waals surface area contributed by atoms with Crippen LogP contribution in [0, 0.1) is 5.82 Å². The molecular formula is C17H21FN4O3S. The maximum absolute atomic E-state index is 14.0. The van der Waals surface area contributed by atoms with Crippen LogP contribution in [0.3, 0.4) is 0 Å². The van der Waals surface area contributed by atoms with Crippen molar-refractivity contribution in [2.24, 2.45) is 0 Å². The zero-order valence-electron chi connectivity index (χ0n) is 14.6. The Morgan fingerprint density at radius 2 is 2.12 bits per heavy atom. The van der Waals surface area contributed by atoms with Gasteiger partial charge in [0.05, 0.1) is 12.2 Å². The van der Waals surface area contributed by atoms with Crippen LogP contribution in [0.2, 0.25) is 0 Å². The molecule has 1 saturated carbocycles. The summed E-state index contributed by atoms with van der Waals surface area (Å²) >= 11 is 0. The molecule has 1 unspecified atom stereocenters. The van der Waals surface area contributed by atoms with Gasteiger partial charge in [0.15, 0.2) is 0 Å². The van der Waals surface area contributed by atoms with E-state index in [9.17, 15) is 17.6 Å². The van der Waals surface area contributed by atoms with E-state index < -0.39 is 26.6 Å². The molecule has 1 aliphatic rings. The van der Waals surface area contributed by atoms with Gasteiger partial charge in [-0.25, -0.2) is 22.2 Å². The molecular weight excluding hydrogens is 359 g/mol. The first-order valence-corrected chi connectivity index (χ1v) is 9.97. The van der Waals surface area contributed by atoms with Crippen molar-refractivity contribution in [3.63, 3.8) is 0 Å². The lowest BCUT2D eigenvalue weighted by molar-refractivity contribution is 0.102. The normalized spacial score (nSPS) is 15.7. The van der Waals surface area contributed by atoms with Crippen LogP contribution in [-0.2, 0) is 10.0 Å². The Balaban J connectivity index is 1.84. The van der Waals surface area contributed by atoms with Crippen molar-refractivity contribution < 1.29 is 17.6 Å². The lowest BCUT2D eigenvalue weighted by Gasteiger charge is -2.14.